The van der Waals surface area contributed by atoms with Crippen LogP contribution in [0.25, 0.3) is 11.1 Å². The zero-order valence-corrected chi connectivity index (χ0v) is 12.7. The molecule has 1 N–H and O–H groups in total. The molecule has 1 heterocycles. The summed E-state index contributed by atoms with van der Waals surface area (Å²) in [7, 11) is 1.57. The van der Waals surface area contributed by atoms with Gasteiger partial charge in [0.15, 0.2) is 5.88 Å². The molecule has 2 rings (SSSR count). The van der Waals surface area contributed by atoms with Gasteiger partial charge in [0.05, 0.1) is 0 Å². The van der Waals surface area contributed by atoms with E-state index >= 15 is 0 Å². The lowest BCUT2D eigenvalue weighted by Crippen LogP contribution is -2.24. The van der Waals surface area contributed by atoms with E-state index in [2.05, 4.69) is 0 Å². The number of methoxy groups -OCH3 is 1. The lowest BCUT2D eigenvalue weighted by atomic mass is 10.0. The lowest BCUT2D eigenvalue weighted by Gasteiger charge is -2.12. The van der Waals surface area contributed by atoms with Gasteiger partial charge in [-0.3, -0.25) is 9.36 Å². The maximum Gasteiger partial charge on any atom is 0.271 e. The molecule has 1 aromatic carbocycles. The van der Waals surface area contributed by atoms with Crippen LogP contribution in [0.3, 0.4) is 0 Å². The molecular weight excluding hydrogens is 280 g/mol. The Morgan fingerprint density at radius 3 is 2.59 bits per heavy atom. The van der Waals surface area contributed by atoms with Gasteiger partial charge < -0.3 is 9.84 Å². The first-order chi connectivity index (χ1) is 10.6. The minimum atomic E-state index is -0.478. The molecule has 5 heteroatoms. The first kappa shape index (κ1) is 15.8. The van der Waals surface area contributed by atoms with Gasteiger partial charge in [0.1, 0.15) is 11.6 Å². The Hall–Kier alpha value is -2.58. The second kappa shape index (κ2) is 6.92. The zero-order chi connectivity index (χ0) is 16.1. The Labute approximate surface area is 129 Å². The molecule has 0 aliphatic rings. The average Bonchev–Trinajstić information content (AvgIpc) is 2.51. The maximum absolute atomic E-state index is 12.4. The van der Waals surface area contributed by atoms with Crippen molar-refractivity contribution in [3.8, 4) is 23.1 Å². The first-order valence-corrected chi connectivity index (χ1v) is 7.01. The highest BCUT2D eigenvalue weighted by Crippen LogP contribution is 2.25. The van der Waals surface area contributed by atoms with Gasteiger partial charge in [-0.15, -0.1) is 0 Å². The van der Waals surface area contributed by atoms with E-state index in [4.69, 9.17) is 4.74 Å². The molecule has 0 saturated heterocycles. The van der Waals surface area contributed by atoms with Crippen LogP contribution in [0, 0.1) is 18.3 Å². The van der Waals surface area contributed by atoms with Crippen LogP contribution < -0.4 is 5.56 Å². The van der Waals surface area contributed by atoms with Crippen LogP contribution in [0.5, 0.6) is 5.88 Å². The third-order valence-electron chi connectivity index (χ3n) is 3.48. The van der Waals surface area contributed by atoms with Crippen LogP contribution in [-0.4, -0.2) is 23.4 Å². The number of benzene rings is 1. The van der Waals surface area contributed by atoms with Crippen molar-refractivity contribution in [2.75, 3.05) is 13.7 Å². The summed E-state index contributed by atoms with van der Waals surface area (Å²) in [6.45, 7) is 2.75. The monoisotopic (exact) mass is 298 g/mol. The van der Waals surface area contributed by atoms with Crippen molar-refractivity contribution < 1.29 is 9.84 Å². The minimum Gasteiger partial charge on any atom is -0.494 e. The summed E-state index contributed by atoms with van der Waals surface area (Å²) in [5.74, 6) is -0.143. The van der Waals surface area contributed by atoms with E-state index < -0.39 is 5.56 Å². The first-order valence-electron chi connectivity index (χ1n) is 7.01. The minimum absolute atomic E-state index is 0.0408. The van der Waals surface area contributed by atoms with Gasteiger partial charge in [0.2, 0.25) is 0 Å². The molecule has 0 atom stereocenters. The molecule has 0 saturated carbocycles. The summed E-state index contributed by atoms with van der Waals surface area (Å²) in [5.41, 5.74) is 1.83. The van der Waals surface area contributed by atoms with E-state index in [1.54, 1.807) is 7.11 Å². The van der Waals surface area contributed by atoms with Gasteiger partial charge in [-0.05, 0) is 18.9 Å². The van der Waals surface area contributed by atoms with Crippen molar-refractivity contribution in [3.63, 3.8) is 0 Å². The molecule has 0 unspecified atom stereocenters. The largest absolute Gasteiger partial charge is 0.494 e. The number of aromatic nitrogens is 1. The van der Waals surface area contributed by atoms with Crippen LogP contribution in [0.2, 0.25) is 0 Å². The normalized spacial score (nSPS) is 10.4. The van der Waals surface area contributed by atoms with Gasteiger partial charge in [-0.1, -0.05) is 29.8 Å². The Bertz CT molecular complexity index is 755. The van der Waals surface area contributed by atoms with Crippen molar-refractivity contribution in [2.24, 2.45) is 0 Å². The van der Waals surface area contributed by atoms with E-state index in [1.807, 2.05) is 37.3 Å². The Morgan fingerprint density at radius 1 is 1.32 bits per heavy atom. The van der Waals surface area contributed by atoms with Crippen LogP contribution in [-0.2, 0) is 11.3 Å². The van der Waals surface area contributed by atoms with E-state index in [9.17, 15) is 15.2 Å². The summed E-state index contributed by atoms with van der Waals surface area (Å²) in [6, 6.07) is 10.9. The molecule has 0 bridgehead atoms. The Morgan fingerprint density at radius 2 is 2.00 bits per heavy atom. The van der Waals surface area contributed by atoms with Crippen LogP contribution in [0.15, 0.2) is 35.1 Å². The van der Waals surface area contributed by atoms with Crippen LogP contribution in [0.1, 0.15) is 17.5 Å². The molecule has 0 aliphatic heterocycles. The number of aryl methyl sites for hydroxylation is 1. The maximum atomic E-state index is 12.4. The number of pyridine rings is 1. The molecular formula is C17H18N2O3. The molecule has 0 fully saturated rings. The van der Waals surface area contributed by atoms with Gasteiger partial charge in [0.25, 0.3) is 5.56 Å². The molecule has 2 aromatic rings. The number of aromatic hydroxyl groups is 1. The highest BCUT2D eigenvalue weighted by molar-refractivity contribution is 5.71. The SMILES string of the molecule is COCCCn1c(O)cc(-c2ccc(C)cc2)c(C#N)c1=O. The second-order valence-electron chi connectivity index (χ2n) is 5.07. The van der Waals surface area contributed by atoms with Crippen molar-refractivity contribution in [1.29, 1.82) is 5.26 Å². The zero-order valence-electron chi connectivity index (χ0n) is 12.7. The molecule has 1 aromatic heterocycles. The Kier molecular flexibility index (Phi) is 4.97. The predicted molar refractivity (Wildman–Crippen MR) is 83.7 cm³/mol. The summed E-state index contributed by atoms with van der Waals surface area (Å²) >= 11 is 0. The van der Waals surface area contributed by atoms with Gasteiger partial charge in [-0.2, -0.15) is 5.26 Å². The van der Waals surface area contributed by atoms with E-state index in [0.717, 1.165) is 11.1 Å². The fraction of sp³-hybridized carbons (Fsp3) is 0.294. The van der Waals surface area contributed by atoms with E-state index in [1.165, 1.54) is 10.6 Å². The number of nitriles is 1. The van der Waals surface area contributed by atoms with E-state index in [0.29, 0.717) is 25.1 Å². The molecule has 5 nitrogen and oxygen atoms in total. The van der Waals surface area contributed by atoms with Crippen molar-refractivity contribution >= 4 is 0 Å². The highest BCUT2D eigenvalue weighted by atomic mass is 16.5. The summed E-state index contributed by atoms with van der Waals surface area (Å²) in [4.78, 5) is 12.4. The molecule has 0 amide bonds. The van der Waals surface area contributed by atoms with Crippen molar-refractivity contribution in [1.82, 2.24) is 4.57 Å². The van der Waals surface area contributed by atoms with Crippen molar-refractivity contribution in [3.05, 3.63) is 51.8 Å². The number of ether oxygens (including phenoxy) is 1. The third kappa shape index (κ3) is 3.18. The van der Waals surface area contributed by atoms with Crippen molar-refractivity contribution in [2.45, 2.75) is 19.9 Å². The fourth-order valence-corrected chi connectivity index (χ4v) is 2.29. The summed E-state index contributed by atoms with van der Waals surface area (Å²) < 4.78 is 6.15. The van der Waals surface area contributed by atoms with E-state index in [-0.39, 0.29) is 11.4 Å². The molecule has 114 valence electrons. The third-order valence-corrected chi connectivity index (χ3v) is 3.48. The quantitative estimate of drug-likeness (QED) is 0.860. The second-order valence-corrected chi connectivity index (χ2v) is 5.07. The average molecular weight is 298 g/mol. The smallest absolute Gasteiger partial charge is 0.271 e. The number of hydrogen-bond donors (Lipinski definition) is 1. The van der Waals surface area contributed by atoms with Gasteiger partial charge in [-0.25, -0.2) is 0 Å². The fourth-order valence-electron chi connectivity index (χ4n) is 2.29. The Balaban J connectivity index is 2.51. The number of nitrogens with zero attached hydrogens (tertiary/aromatic N) is 2. The predicted octanol–water partition coefficient (Wildman–Crippen LogP) is 2.44. The summed E-state index contributed by atoms with van der Waals surface area (Å²) in [6.07, 6.45) is 0.582. The molecule has 0 aliphatic carbocycles. The molecule has 22 heavy (non-hydrogen) atoms. The summed E-state index contributed by atoms with van der Waals surface area (Å²) in [5, 5.41) is 19.5. The van der Waals surface area contributed by atoms with Crippen LogP contribution >= 0.6 is 0 Å². The highest BCUT2D eigenvalue weighted by Gasteiger charge is 2.15. The number of rotatable bonds is 5. The molecule has 0 spiro atoms. The lowest BCUT2D eigenvalue weighted by molar-refractivity contribution is 0.188. The standard InChI is InChI=1S/C17H18N2O3/c1-12-4-6-13(7-5-12)14-10-16(20)19(8-3-9-22-2)17(21)15(14)11-18/h4-7,10,20H,3,8-9H2,1-2H3. The van der Waals surface area contributed by atoms with Gasteiger partial charge in [0, 0.05) is 31.9 Å². The molecule has 0 radical (unpaired) electrons. The van der Waals surface area contributed by atoms with Gasteiger partial charge >= 0.3 is 0 Å². The topological polar surface area (TPSA) is 75.2 Å². The number of hydrogen-bond acceptors (Lipinski definition) is 4. The van der Waals surface area contributed by atoms with Crippen LogP contribution in [0.4, 0.5) is 0 Å².